The third-order valence-corrected chi connectivity index (χ3v) is 5.10. The topological polar surface area (TPSA) is 58.2 Å². The number of carbonyl (C=O) groups is 2. The number of aryl methyl sites for hydroxylation is 1. The van der Waals surface area contributed by atoms with Gasteiger partial charge in [0.2, 0.25) is 5.91 Å². The number of carbonyl (C=O) groups excluding carboxylic acids is 2. The number of amides is 2. The maximum absolute atomic E-state index is 12.7. The quantitative estimate of drug-likeness (QED) is 0.783. The highest BCUT2D eigenvalue weighted by molar-refractivity contribution is 7.10. The van der Waals surface area contributed by atoms with Crippen LogP contribution < -0.4 is 10.6 Å². The zero-order chi connectivity index (χ0) is 18.4. The lowest BCUT2D eigenvalue weighted by Gasteiger charge is -2.22. The summed E-state index contributed by atoms with van der Waals surface area (Å²) in [7, 11) is 0. The Labute approximate surface area is 153 Å². The average Bonchev–Trinajstić information content (AvgIpc) is 3.08. The van der Waals surface area contributed by atoms with E-state index in [1.54, 1.807) is 17.4 Å². The number of rotatable bonds is 7. The summed E-state index contributed by atoms with van der Waals surface area (Å²) < 4.78 is 0. The van der Waals surface area contributed by atoms with E-state index in [0.717, 1.165) is 10.4 Å². The van der Waals surface area contributed by atoms with Crippen molar-refractivity contribution in [3.8, 4) is 0 Å². The molecule has 0 aliphatic heterocycles. The van der Waals surface area contributed by atoms with Gasteiger partial charge in [-0.3, -0.25) is 9.59 Å². The summed E-state index contributed by atoms with van der Waals surface area (Å²) in [5, 5.41) is 7.91. The molecular weight excluding hydrogens is 332 g/mol. The van der Waals surface area contributed by atoms with Gasteiger partial charge in [-0.05, 0) is 49.3 Å². The average molecular weight is 359 g/mol. The highest BCUT2D eigenvalue weighted by atomic mass is 32.1. The van der Waals surface area contributed by atoms with Gasteiger partial charge in [0.15, 0.2) is 0 Å². The first-order valence-electron chi connectivity index (χ1n) is 8.58. The van der Waals surface area contributed by atoms with Crippen molar-refractivity contribution in [2.24, 2.45) is 5.92 Å². The second-order valence-electron chi connectivity index (χ2n) is 6.72. The molecule has 1 heterocycles. The van der Waals surface area contributed by atoms with Crippen molar-refractivity contribution >= 4 is 23.2 Å². The van der Waals surface area contributed by atoms with Gasteiger partial charge < -0.3 is 10.6 Å². The Bertz CT molecular complexity index is 710. The molecule has 5 heteroatoms. The molecule has 2 N–H and O–H groups in total. The van der Waals surface area contributed by atoms with Crippen molar-refractivity contribution in [3.63, 3.8) is 0 Å². The van der Waals surface area contributed by atoms with Gasteiger partial charge in [-0.1, -0.05) is 38.1 Å². The minimum absolute atomic E-state index is 0.0717. The van der Waals surface area contributed by atoms with Crippen molar-refractivity contribution in [1.29, 1.82) is 0 Å². The summed E-state index contributed by atoms with van der Waals surface area (Å²) >= 11 is 1.61. The van der Waals surface area contributed by atoms with Crippen LogP contribution in [0.5, 0.6) is 0 Å². The molecule has 2 rings (SSSR count). The van der Waals surface area contributed by atoms with Crippen molar-refractivity contribution in [2.45, 2.75) is 46.2 Å². The minimum Gasteiger partial charge on any atom is -0.347 e. The van der Waals surface area contributed by atoms with Crippen molar-refractivity contribution < 1.29 is 9.59 Å². The summed E-state index contributed by atoms with van der Waals surface area (Å²) in [4.78, 5) is 26.4. The molecule has 0 fully saturated rings. The van der Waals surface area contributed by atoms with Crippen molar-refractivity contribution in [1.82, 2.24) is 10.6 Å². The first-order chi connectivity index (χ1) is 11.9. The SMILES string of the molecule is Cc1ccccc1C(=O)NC(CC(C)C)C(=O)NC(C)c1cccs1. The van der Waals surface area contributed by atoms with E-state index in [1.807, 2.05) is 63.4 Å². The summed E-state index contributed by atoms with van der Waals surface area (Å²) in [6, 6.07) is 10.7. The van der Waals surface area contributed by atoms with E-state index < -0.39 is 6.04 Å². The number of thiophene rings is 1. The van der Waals surface area contributed by atoms with Gasteiger partial charge in [0.05, 0.1) is 6.04 Å². The molecule has 25 heavy (non-hydrogen) atoms. The molecule has 4 nitrogen and oxygen atoms in total. The van der Waals surface area contributed by atoms with Crippen LogP contribution >= 0.6 is 11.3 Å². The minimum atomic E-state index is -0.547. The molecule has 2 atom stereocenters. The molecule has 0 saturated carbocycles. The molecule has 0 aliphatic carbocycles. The Hall–Kier alpha value is -2.14. The molecule has 134 valence electrons. The number of nitrogens with one attached hydrogen (secondary N) is 2. The molecule has 0 aliphatic rings. The molecule has 1 aromatic carbocycles. The van der Waals surface area contributed by atoms with E-state index in [9.17, 15) is 9.59 Å². The number of hydrogen-bond acceptors (Lipinski definition) is 3. The molecule has 0 bridgehead atoms. The van der Waals surface area contributed by atoms with Crippen LogP contribution in [0.15, 0.2) is 41.8 Å². The zero-order valence-electron chi connectivity index (χ0n) is 15.2. The third kappa shape index (κ3) is 5.43. The molecule has 2 unspecified atom stereocenters. The van der Waals surface area contributed by atoms with Crippen LogP contribution in [0.1, 0.15) is 54.0 Å². The fourth-order valence-electron chi connectivity index (χ4n) is 2.69. The predicted octanol–water partition coefficient (Wildman–Crippen LogP) is 4.08. The molecule has 2 amide bonds. The van der Waals surface area contributed by atoms with Gasteiger partial charge >= 0.3 is 0 Å². The van der Waals surface area contributed by atoms with Crippen LogP contribution in [0.25, 0.3) is 0 Å². The Morgan fingerprint density at radius 3 is 2.36 bits per heavy atom. The molecule has 0 saturated heterocycles. The monoisotopic (exact) mass is 358 g/mol. The summed E-state index contributed by atoms with van der Waals surface area (Å²) in [6.07, 6.45) is 0.598. The Kier molecular flexibility index (Phi) is 6.76. The number of hydrogen-bond donors (Lipinski definition) is 2. The lowest BCUT2D eigenvalue weighted by molar-refractivity contribution is -0.124. The van der Waals surface area contributed by atoms with Crippen LogP contribution in [0.3, 0.4) is 0 Å². The lowest BCUT2D eigenvalue weighted by atomic mass is 10.0. The lowest BCUT2D eigenvalue weighted by Crippen LogP contribution is -2.48. The highest BCUT2D eigenvalue weighted by Crippen LogP contribution is 2.19. The molecule has 1 aromatic heterocycles. The van der Waals surface area contributed by atoms with E-state index in [-0.39, 0.29) is 17.9 Å². The third-order valence-electron chi connectivity index (χ3n) is 4.05. The summed E-state index contributed by atoms with van der Waals surface area (Å²) in [6.45, 7) is 7.94. The van der Waals surface area contributed by atoms with Gasteiger partial charge in [-0.25, -0.2) is 0 Å². The first kappa shape index (κ1) is 19.2. The standard InChI is InChI=1S/C20H26N2O2S/c1-13(2)12-17(20(24)21-15(4)18-10-7-11-25-18)22-19(23)16-9-6-5-8-14(16)3/h5-11,13,15,17H,12H2,1-4H3,(H,21,24)(H,22,23). The van der Waals surface area contributed by atoms with Crippen LogP contribution in [0.4, 0.5) is 0 Å². The van der Waals surface area contributed by atoms with E-state index in [0.29, 0.717) is 17.9 Å². The van der Waals surface area contributed by atoms with E-state index in [4.69, 9.17) is 0 Å². The summed E-state index contributed by atoms with van der Waals surface area (Å²) in [5.74, 6) is -0.0517. The molecule has 0 spiro atoms. The van der Waals surface area contributed by atoms with Crippen LogP contribution in [0, 0.1) is 12.8 Å². The van der Waals surface area contributed by atoms with Crippen molar-refractivity contribution in [2.75, 3.05) is 0 Å². The Morgan fingerprint density at radius 2 is 1.76 bits per heavy atom. The smallest absolute Gasteiger partial charge is 0.252 e. The predicted molar refractivity (Wildman–Crippen MR) is 103 cm³/mol. The molecular formula is C20H26N2O2S. The van der Waals surface area contributed by atoms with E-state index >= 15 is 0 Å². The highest BCUT2D eigenvalue weighted by Gasteiger charge is 2.24. The maximum Gasteiger partial charge on any atom is 0.252 e. The van der Waals surface area contributed by atoms with Gasteiger partial charge in [0.25, 0.3) is 5.91 Å². The second kappa shape index (κ2) is 8.81. The van der Waals surface area contributed by atoms with Gasteiger partial charge in [-0.2, -0.15) is 0 Å². The van der Waals surface area contributed by atoms with E-state index in [2.05, 4.69) is 10.6 Å². The van der Waals surface area contributed by atoms with Crippen molar-refractivity contribution in [3.05, 3.63) is 57.8 Å². The van der Waals surface area contributed by atoms with Crippen LogP contribution in [-0.2, 0) is 4.79 Å². The van der Waals surface area contributed by atoms with Crippen LogP contribution in [-0.4, -0.2) is 17.9 Å². The Morgan fingerprint density at radius 1 is 1.04 bits per heavy atom. The van der Waals surface area contributed by atoms with Gasteiger partial charge in [-0.15, -0.1) is 11.3 Å². The summed E-state index contributed by atoms with van der Waals surface area (Å²) in [5.41, 5.74) is 1.51. The first-order valence-corrected chi connectivity index (χ1v) is 9.46. The number of benzene rings is 1. The largest absolute Gasteiger partial charge is 0.347 e. The fourth-order valence-corrected chi connectivity index (χ4v) is 3.42. The molecule has 2 aromatic rings. The maximum atomic E-state index is 12.7. The molecule has 0 radical (unpaired) electrons. The van der Waals surface area contributed by atoms with Crippen LogP contribution in [0.2, 0.25) is 0 Å². The Balaban J connectivity index is 2.08. The van der Waals surface area contributed by atoms with Gasteiger partial charge in [0, 0.05) is 10.4 Å². The van der Waals surface area contributed by atoms with E-state index in [1.165, 1.54) is 0 Å². The fraction of sp³-hybridized carbons (Fsp3) is 0.400. The van der Waals surface area contributed by atoms with Gasteiger partial charge in [0.1, 0.15) is 6.04 Å². The normalized spacial score (nSPS) is 13.3. The zero-order valence-corrected chi connectivity index (χ0v) is 16.0. The second-order valence-corrected chi connectivity index (χ2v) is 7.70.